The topological polar surface area (TPSA) is 78.2 Å². The first-order valence-electron chi connectivity index (χ1n) is 8.96. The summed E-state index contributed by atoms with van der Waals surface area (Å²) >= 11 is 3.40. The maximum absolute atomic E-state index is 12.6. The first kappa shape index (κ1) is 20.7. The van der Waals surface area contributed by atoms with E-state index in [0.717, 1.165) is 36.6 Å². The second-order valence-corrected chi connectivity index (χ2v) is 8.33. The summed E-state index contributed by atoms with van der Waals surface area (Å²) in [6.07, 6.45) is 6.31. The SMILES string of the molecule is CN(C(=O)CNC(C)(C)COc1ncccc1Br)C1(C#N)CCCCC1. The molecule has 1 N–H and O–H groups in total. The Labute approximate surface area is 164 Å². The molecule has 26 heavy (non-hydrogen) atoms. The van der Waals surface area contributed by atoms with Gasteiger partial charge in [-0.3, -0.25) is 4.79 Å². The molecule has 0 aromatic carbocycles. The molecule has 2 rings (SSSR count). The molecule has 1 aliphatic rings. The van der Waals surface area contributed by atoms with Crippen molar-refractivity contribution in [1.29, 1.82) is 5.26 Å². The summed E-state index contributed by atoms with van der Waals surface area (Å²) < 4.78 is 6.55. The van der Waals surface area contributed by atoms with Gasteiger partial charge in [0, 0.05) is 18.8 Å². The van der Waals surface area contributed by atoms with Crippen LogP contribution in [0.5, 0.6) is 5.88 Å². The Kier molecular flexibility index (Phi) is 7.01. The highest BCUT2D eigenvalue weighted by Crippen LogP contribution is 2.32. The molecule has 0 bridgehead atoms. The first-order chi connectivity index (χ1) is 12.3. The molecule has 1 amide bonds. The molecule has 7 heteroatoms. The van der Waals surface area contributed by atoms with E-state index in [1.807, 2.05) is 26.0 Å². The number of nitrogens with zero attached hydrogens (tertiary/aromatic N) is 3. The predicted molar refractivity (Wildman–Crippen MR) is 104 cm³/mol. The lowest BCUT2D eigenvalue weighted by Gasteiger charge is -2.39. The average Bonchev–Trinajstić information content (AvgIpc) is 2.65. The quantitative estimate of drug-likeness (QED) is 0.729. The van der Waals surface area contributed by atoms with E-state index in [-0.39, 0.29) is 12.5 Å². The molecule has 1 aliphatic carbocycles. The smallest absolute Gasteiger partial charge is 0.237 e. The second kappa shape index (κ2) is 8.83. The number of hydrogen-bond donors (Lipinski definition) is 1. The molecule has 0 aliphatic heterocycles. The molecule has 1 fully saturated rings. The molecule has 0 saturated heterocycles. The molecule has 142 valence electrons. The molecule has 0 spiro atoms. The summed E-state index contributed by atoms with van der Waals surface area (Å²) in [4.78, 5) is 18.4. The third-order valence-electron chi connectivity index (χ3n) is 4.92. The number of halogens is 1. The Morgan fingerprint density at radius 3 is 2.77 bits per heavy atom. The van der Waals surface area contributed by atoms with E-state index in [1.54, 1.807) is 18.1 Å². The van der Waals surface area contributed by atoms with Crippen LogP contribution in [-0.2, 0) is 4.79 Å². The Morgan fingerprint density at radius 2 is 2.15 bits per heavy atom. The molecule has 1 aromatic heterocycles. The van der Waals surface area contributed by atoms with E-state index in [1.165, 1.54) is 0 Å². The van der Waals surface area contributed by atoms with Gasteiger partial charge in [-0.25, -0.2) is 4.98 Å². The van der Waals surface area contributed by atoms with Crippen molar-refractivity contribution in [1.82, 2.24) is 15.2 Å². The minimum Gasteiger partial charge on any atom is -0.475 e. The van der Waals surface area contributed by atoms with E-state index in [4.69, 9.17) is 4.74 Å². The highest BCUT2D eigenvalue weighted by Gasteiger charge is 2.38. The number of nitriles is 1. The number of ether oxygens (including phenoxy) is 1. The highest BCUT2D eigenvalue weighted by molar-refractivity contribution is 9.10. The molecule has 0 radical (unpaired) electrons. The average molecular weight is 423 g/mol. The molecular weight excluding hydrogens is 396 g/mol. The van der Waals surface area contributed by atoms with E-state index in [2.05, 4.69) is 32.3 Å². The van der Waals surface area contributed by atoms with Crippen LogP contribution in [0, 0.1) is 11.3 Å². The fraction of sp³-hybridized carbons (Fsp3) is 0.632. The lowest BCUT2D eigenvalue weighted by molar-refractivity contribution is -0.134. The van der Waals surface area contributed by atoms with Crippen LogP contribution in [0.4, 0.5) is 0 Å². The van der Waals surface area contributed by atoms with E-state index in [9.17, 15) is 10.1 Å². The largest absolute Gasteiger partial charge is 0.475 e. The zero-order chi connectivity index (χ0) is 19.2. The van der Waals surface area contributed by atoms with Gasteiger partial charge in [0.2, 0.25) is 11.8 Å². The molecule has 1 saturated carbocycles. The molecule has 1 heterocycles. The van der Waals surface area contributed by atoms with Crippen LogP contribution in [0.3, 0.4) is 0 Å². The number of rotatable bonds is 7. The number of aromatic nitrogens is 1. The molecule has 0 unspecified atom stereocenters. The Balaban J connectivity index is 1.88. The van der Waals surface area contributed by atoms with Crippen LogP contribution < -0.4 is 10.1 Å². The van der Waals surface area contributed by atoms with Gasteiger partial charge in [0.1, 0.15) is 12.1 Å². The third kappa shape index (κ3) is 5.18. The van der Waals surface area contributed by atoms with E-state index in [0.29, 0.717) is 12.5 Å². The van der Waals surface area contributed by atoms with Crippen molar-refractivity contribution in [2.45, 2.75) is 57.0 Å². The summed E-state index contributed by atoms with van der Waals surface area (Å²) in [6, 6.07) is 6.08. The van der Waals surface area contributed by atoms with E-state index >= 15 is 0 Å². The predicted octanol–water partition coefficient (Wildman–Crippen LogP) is 3.28. The van der Waals surface area contributed by atoms with Crippen molar-refractivity contribution in [2.24, 2.45) is 0 Å². The fourth-order valence-electron chi connectivity index (χ4n) is 3.11. The van der Waals surface area contributed by atoms with Crippen LogP contribution in [0.2, 0.25) is 0 Å². The van der Waals surface area contributed by atoms with Gasteiger partial charge in [-0.15, -0.1) is 0 Å². The van der Waals surface area contributed by atoms with Crippen molar-refractivity contribution in [2.75, 3.05) is 20.2 Å². The summed E-state index contributed by atoms with van der Waals surface area (Å²) in [7, 11) is 1.74. The Hall–Kier alpha value is -1.65. The number of nitrogens with one attached hydrogen (secondary N) is 1. The van der Waals surface area contributed by atoms with Gasteiger partial charge < -0.3 is 15.0 Å². The van der Waals surface area contributed by atoms with Gasteiger partial charge in [-0.2, -0.15) is 5.26 Å². The van der Waals surface area contributed by atoms with Gasteiger partial charge in [0.15, 0.2) is 0 Å². The Morgan fingerprint density at radius 1 is 1.46 bits per heavy atom. The number of likely N-dealkylation sites (N-methyl/N-ethyl adjacent to an activating group) is 1. The van der Waals surface area contributed by atoms with Gasteiger partial charge in [-0.05, 0) is 54.8 Å². The number of amides is 1. The van der Waals surface area contributed by atoms with Crippen LogP contribution in [-0.4, -0.2) is 47.1 Å². The van der Waals surface area contributed by atoms with Crippen LogP contribution in [0.15, 0.2) is 22.8 Å². The van der Waals surface area contributed by atoms with Gasteiger partial charge in [-0.1, -0.05) is 19.3 Å². The zero-order valence-electron chi connectivity index (χ0n) is 15.7. The maximum Gasteiger partial charge on any atom is 0.237 e. The van der Waals surface area contributed by atoms with Crippen LogP contribution in [0.1, 0.15) is 46.0 Å². The molecule has 0 atom stereocenters. The number of pyridine rings is 1. The van der Waals surface area contributed by atoms with Crippen molar-refractivity contribution in [3.8, 4) is 11.9 Å². The Bertz CT molecular complexity index is 666. The summed E-state index contributed by atoms with van der Waals surface area (Å²) in [5, 5.41) is 12.9. The van der Waals surface area contributed by atoms with Crippen LogP contribution >= 0.6 is 15.9 Å². The van der Waals surface area contributed by atoms with Crippen molar-refractivity contribution < 1.29 is 9.53 Å². The third-order valence-corrected chi connectivity index (χ3v) is 5.52. The number of hydrogen-bond acceptors (Lipinski definition) is 5. The highest BCUT2D eigenvalue weighted by atomic mass is 79.9. The van der Waals surface area contributed by atoms with Crippen molar-refractivity contribution >= 4 is 21.8 Å². The summed E-state index contributed by atoms with van der Waals surface area (Å²) in [5.74, 6) is 0.456. The molecule has 1 aromatic rings. The maximum atomic E-state index is 12.6. The monoisotopic (exact) mass is 422 g/mol. The lowest BCUT2D eigenvalue weighted by Crippen LogP contribution is -2.55. The normalized spacial score (nSPS) is 16.6. The molecule has 6 nitrogen and oxygen atoms in total. The minimum absolute atomic E-state index is 0.0689. The second-order valence-electron chi connectivity index (χ2n) is 7.47. The summed E-state index contributed by atoms with van der Waals surface area (Å²) in [5.41, 5.74) is -1.07. The fourth-order valence-corrected chi connectivity index (χ4v) is 3.48. The van der Waals surface area contributed by atoms with Crippen LogP contribution in [0.25, 0.3) is 0 Å². The van der Waals surface area contributed by atoms with Gasteiger partial charge in [0.05, 0.1) is 17.1 Å². The zero-order valence-corrected chi connectivity index (χ0v) is 17.3. The number of carbonyl (C=O) groups excluding carboxylic acids is 1. The minimum atomic E-state index is -0.656. The van der Waals surface area contributed by atoms with Crippen molar-refractivity contribution in [3.05, 3.63) is 22.8 Å². The summed E-state index contributed by atoms with van der Waals surface area (Å²) in [6.45, 7) is 4.47. The standard InChI is InChI=1S/C19H27BrN4O2/c1-18(2,14-26-17-15(20)8-7-11-22-17)23-12-16(25)24(3)19(13-21)9-5-4-6-10-19/h7-8,11,23H,4-6,9-10,12,14H2,1-3H3. The number of carbonyl (C=O) groups is 1. The van der Waals surface area contributed by atoms with Gasteiger partial charge in [0.25, 0.3) is 0 Å². The lowest BCUT2D eigenvalue weighted by atomic mass is 9.81. The van der Waals surface area contributed by atoms with Gasteiger partial charge >= 0.3 is 0 Å². The molecular formula is C19H27BrN4O2. The van der Waals surface area contributed by atoms with Crippen molar-refractivity contribution in [3.63, 3.8) is 0 Å². The first-order valence-corrected chi connectivity index (χ1v) is 9.75. The van der Waals surface area contributed by atoms with E-state index < -0.39 is 11.1 Å².